The number of hydrogen-bond donors (Lipinski definition) is 2. The first kappa shape index (κ1) is 21.6. The monoisotopic (exact) mass is 442 g/mol. The molecule has 2 aromatic rings. The van der Waals surface area contributed by atoms with Gasteiger partial charge in [-0.1, -0.05) is 6.58 Å². The standard InChI is InChI=1S/C18H17F3N4O4S/c1-2-30(28,29)24-17(27)14-16(26)23-15(25-9-7-18(20,21)8-10-25)13(22-14)11-3-5-12(19)6-4-11/h2-6H,1,7-10H2,(H,23,26)(H,24,27). The summed E-state index contributed by atoms with van der Waals surface area (Å²) in [4.78, 5) is 32.6. The summed E-state index contributed by atoms with van der Waals surface area (Å²) in [7, 11) is -4.18. The smallest absolute Gasteiger partial charge is 0.289 e. The number of anilines is 1. The maximum absolute atomic E-state index is 13.5. The summed E-state index contributed by atoms with van der Waals surface area (Å²) in [6.07, 6.45) is -0.893. The lowest BCUT2D eigenvalue weighted by molar-refractivity contribution is -0.0221. The first-order valence-corrected chi connectivity index (χ1v) is 10.3. The van der Waals surface area contributed by atoms with Crippen molar-refractivity contribution in [2.45, 2.75) is 18.8 Å². The van der Waals surface area contributed by atoms with E-state index in [4.69, 9.17) is 0 Å². The Morgan fingerprint density at radius 3 is 2.40 bits per heavy atom. The SMILES string of the molecule is C=CS(=O)(=O)NC(=O)c1nc(-c2ccc(F)cc2)c(N2CCC(F)(F)CC2)[nH]c1=O. The predicted molar refractivity (Wildman–Crippen MR) is 103 cm³/mol. The average Bonchev–Trinajstić information content (AvgIpc) is 2.68. The molecule has 0 radical (unpaired) electrons. The zero-order chi connectivity index (χ0) is 22.1. The van der Waals surface area contributed by atoms with E-state index in [0.717, 1.165) is 12.1 Å². The van der Waals surface area contributed by atoms with Crippen molar-refractivity contribution >= 4 is 21.7 Å². The van der Waals surface area contributed by atoms with Crippen molar-refractivity contribution in [1.29, 1.82) is 0 Å². The summed E-state index contributed by atoms with van der Waals surface area (Å²) >= 11 is 0. The molecule has 0 bridgehead atoms. The van der Waals surface area contributed by atoms with Crippen LogP contribution in [0.15, 0.2) is 41.0 Å². The van der Waals surface area contributed by atoms with Crippen LogP contribution in [0, 0.1) is 5.82 Å². The van der Waals surface area contributed by atoms with Gasteiger partial charge in [0.2, 0.25) is 0 Å². The Morgan fingerprint density at radius 1 is 1.23 bits per heavy atom. The number of amides is 1. The number of carbonyl (C=O) groups excluding carboxylic acids is 1. The van der Waals surface area contributed by atoms with Gasteiger partial charge in [0.25, 0.3) is 27.4 Å². The van der Waals surface area contributed by atoms with Gasteiger partial charge in [-0.3, -0.25) is 9.59 Å². The first-order chi connectivity index (χ1) is 14.0. The molecule has 30 heavy (non-hydrogen) atoms. The van der Waals surface area contributed by atoms with Crippen molar-refractivity contribution in [1.82, 2.24) is 14.7 Å². The molecule has 1 aliphatic heterocycles. The number of benzene rings is 1. The minimum absolute atomic E-state index is 0.0148. The minimum Gasteiger partial charge on any atom is -0.356 e. The van der Waals surface area contributed by atoms with Crippen molar-refractivity contribution in [3.05, 3.63) is 58.1 Å². The highest BCUT2D eigenvalue weighted by molar-refractivity contribution is 7.92. The van der Waals surface area contributed by atoms with Crippen molar-refractivity contribution < 1.29 is 26.4 Å². The van der Waals surface area contributed by atoms with Gasteiger partial charge in [-0.25, -0.2) is 31.3 Å². The van der Waals surface area contributed by atoms with Crippen LogP contribution in [0.1, 0.15) is 23.3 Å². The van der Waals surface area contributed by atoms with E-state index in [1.165, 1.54) is 17.0 Å². The molecule has 160 valence electrons. The number of nitrogens with zero attached hydrogens (tertiary/aromatic N) is 2. The van der Waals surface area contributed by atoms with Crippen LogP contribution in [0.2, 0.25) is 0 Å². The van der Waals surface area contributed by atoms with Gasteiger partial charge in [0.1, 0.15) is 17.3 Å². The molecule has 12 heteroatoms. The highest BCUT2D eigenvalue weighted by Gasteiger charge is 2.35. The molecule has 2 heterocycles. The number of aromatic amines is 1. The van der Waals surface area contributed by atoms with E-state index in [1.807, 2.05) is 0 Å². The predicted octanol–water partition coefficient (Wildman–Crippen LogP) is 2.01. The molecular weight excluding hydrogens is 425 g/mol. The lowest BCUT2D eigenvalue weighted by atomic mass is 10.1. The van der Waals surface area contributed by atoms with Crippen molar-refractivity contribution in [3.8, 4) is 11.3 Å². The van der Waals surface area contributed by atoms with Gasteiger partial charge in [-0.2, -0.15) is 0 Å². The maximum Gasteiger partial charge on any atom is 0.289 e. The number of H-pyrrole nitrogens is 1. The van der Waals surface area contributed by atoms with E-state index < -0.39 is 51.8 Å². The van der Waals surface area contributed by atoms with Crippen LogP contribution in [-0.4, -0.2) is 43.3 Å². The fourth-order valence-corrected chi connectivity index (χ4v) is 3.35. The first-order valence-electron chi connectivity index (χ1n) is 8.74. The summed E-state index contributed by atoms with van der Waals surface area (Å²) in [5.41, 5.74) is -1.46. The number of alkyl halides is 2. The number of piperidine rings is 1. The van der Waals surface area contributed by atoms with Gasteiger partial charge in [0.15, 0.2) is 5.69 Å². The third-order valence-electron chi connectivity index (χ3n) is 4.49. The van der Waals surface area contributed by atoms with Crippen LogP contribution in [0.3, 0.4) is 0 Å². The second-order valence-electron chi connectivity index (χ2n) is 6.60. The zero-order valence-electron chi connectivity index (χ0n) is 15.5. The van der Waals surface area contributed by atoms with E-state index in [9.17, 15) is 31.2 Å². The highest BCUT2D eigenvalue weighted by atomic mass is 32.2. The number of carbonyl (C=O) groups is 1. The number of rotatable bonds is 5. The van der Waals surface area contributed by atoms with E-state index in [-0.39, 0.29) is 24.6 Å². The molecule has 1 amide bonds. The number of aromatic nitrogens is 2. The number of sulfonamides is 1. The van der Waals surface area contributed by atoms with Crippen LogP contribution in [-0.2, 0) is 10.0 Å². The highest BCUT2D eigenvalue weighted by Crippen LogP contribution is 2.33. The van der Waals surface area contributed by atoms with Gasteiger partial charge < -0.3 is 9.88 Å². The molecule has 1 aromatic carbocycles. The number of halogens is 3. The molecule has 1 fully saturated rings. The number of nitrogens with one attached hydrogen (secondary N) is 2. The normalized spacial score (nSPS) is 16.2. The Kier molecular flexibility index (Phi) is 5.70. The summed E-state index contributed by atoms with van der Waals surface area (Å²) < 4.78 is 65.1. The molecule has 0 unspecified atom stereocenters. The molecule has 0 atom stereocenters. The van der Waals surface area contributed by atoms with Crippen LogP contribution in [0.5, 0.6) is 0 Å². The summed E-state index contributed by atoms with van der Waals surface area (Å²) in [6, 6.07) is 4.91. The Morgan fingerprint density at radius 2 is 1.83 bits per heavy atom. The molecule has 2 N–H and O–H groups in total. The Balaban J connectivity index is 2.09. The second kappa shape index (κ2) is 7.94. The lowest BCUT2D eigenvalue weighted by Crippen LogP contribution is -2.41. The minimum atomic E-state index is -4.18. The van der Waals surface area contributed by atoms with E-state index in [0.29, 0.717) is 11.0 Å². The fourth-order valence-electron chi connectivity index (χ4n) is 2.91. The summed E-state index contributed by atoms with van der Waals surface area (Å²) in [5, 5.41) is 0.488. The van der Waals surface area contributed by atoms with Crippen molar-refractivity contribution in [2.75, 3.05) is 18.0 Å². The fraction of sp³-hybridized carbons (Fsp3) is 0.278. The Labute approximate surface area is 169 Å². The summed E-state index contributed by atoms with van der Waals surface area (Å²) in [5.74, 6) is -4.60. The molecule has 0 saturated carbocycles. The average molecular weight is 442 g/mol. The summed E-state index contributed by atoms with van der Waals surface area (Å²) in [6.45, 7) is 2.87. The molecular formula is C18H17F3N4O4S. The van der Waals surface area contributed by atoms with Crippen molar-refractivity contribution in [3.63, 3.8) is 0 Å². The van der Waals surface area contributed by atoms with Gasteiger partial charge in [-0.15, -0.1) is 0 Å². The van der Waals surface area contributed by atoms with Crippen LogP contribution in [0.4, 0.5) is 19.0 Å². The Bertz CT molecular complexity index is 1140. The molecule has 0 aliphatic carbocycles. The zero-order valence-corrected chi connectivity index (χ0v) is 16.3. The van der Waals surface area contributed by atoms with Gasteiger partial charge in [0, 0.05) is 36.9 Å². The third kappa shape index (κ3) is 4.70. The van der Waals surface area contributed by atoms with E-state index in [2.05, 4.69) is 16.5 Å². The molecule has 0 spiro atoms. The largest absolute Gasteiger partial charge is 0.356 e. The molecule has 1 saturated heterocycles. The van der Waals surface area contributed by atoms with Crippen LogP contribution in [0.25, 0.3) is 11.3 Å². The van der Waals surface area contributed by atoms with E-state index in [1.54, 1.807) is 4.72 Å². The van der Waals surface area contributed by atoms with Crippen LogP contribution >= 0.6 is 0 Å². The molecule has 3 rings (SSSR count). The second-order valence-corrected chi connectivity index (χ2v) is 8.23. The third-order valence-corrected chi connectivity index (χ3v) is 5.40. The quantitative estimate of drug-likeness (QED) is 0.733. The van der Waals surface area contributed by atoms with Gasteiger partial charge >= 0.3 is 0 Å². The topological polar surface area (TPSA) is 112 Å². The number of hydrogen-bond acceptors (Lipinski definition) is 6. The van der Waals surface area contributed by atoms with Crippen LogP contribution < -0.4 is 15.2 Å². The van der Waals surface area contributed by atoms with Gasteiger partial charge in [-0.05, 0) is 24.3 Å². The van der Waals surface area contributed by atoms with E-state index >= 15 is 0 Å². The molecule has 8 nitrogen and oxygen atoms in total. The molecule has 1 aromatic heterocycles. The Hall–Kier alpha value is -3.15. The lowest BCUT2D eigenvalue weighted by Gasteiger charge is -2.33. The maximum atomic E-state index is 13.5. The van der Waals surface area contributed by atoms with Crippen molar-refractivity contribution in [2.24, 2.45) is 0 Å². The molecule has 1 aliphatic rings. The van der Waals surface area contributed by atoms with Gasteiger partial charge in [0.05, 0.1) is 0 Å².